The van der Waals surface area contributed by atoms with Crippen LogP contribution < -0.4 is 10.6 Å². The number of rotatable bonds is 7. The molecule has 7 heteroatoms. The number of benzene rings is 2. The first-order valence-electron chi connectivity index (χ1n) is 10.4. The number of aliphatic imine (C=N–C) groups is 1. The molecule has 0 saturated heterocycles. The number of hydrogen-bond donors (Lipinski definition) is 3. The number of nitrogens with one attached hydrogen (secondary N) is 3. The average molecular weight is 533 g/mol. The number of halogens is 1. The molecule has 3 aromatic rings. The number of guanidine groups is 1. The van der Waals surface area contributed by atoms with E-state index in [2.05, 4.69) is 58.9 Å². The van der Waals surface area contributed by atoms with E-state index >= 15 is 0 Å². The average Bonchev–Trinajstić information content (AvgIpc) is 3.16. The molecule has 0 fully saturated rings. The zero-order valence-electron chi connectivity index (χ0n) is 18.7. The maximum atomic E-state index is 12.0. The number of hydrogen-bond acceptors (Lipinski definition) is 2. The predicted octanol–water partition coefficient (Wildman–Crippen LogP) is 4.09. The topological polar surface area (TPSA) is 72.5 Å². The molecule has 31 heavy (non-hydrogen) atoms. The van der Waals surface area contributed by atoms with Gasteiger partial charge < -0.3 is 20.5 Å². The Morgan fingerprint density at radius 2 is 1.84 bits per heavy atom. The fourth-order valence-corrected chi connectivity index (χ4v) is 3.41. The van der Waals surface area contributed by atoms with Crippen molar-refractivity contribution in [2.45, 2.75) is 26.8 Å². The van der Waals surface area contributed by atoms with Gasteiger partial charge in [-0.1, -0.05) is 30.3 Å². The highest BCUT2D eigenvalue weighted by Crippen LogP contribution is 2.21. The van der Waals surface area contributed by atoms with Gasteiger partial charge in [0.1, 0.15) is 0 Å². The van der Waals surface area contributed by atoms with Crippen LogP contribution in [0.4, 0.5) is 0 Å². The number of amides is 1. The van der Waals surface area contributed by atoms with Gasteiger partial charge in [0.25, 0.3) is 5.91 Å². The molecule has 0 aliphatic rings. The summed E-state index contributed by atoms with van der Waals surface area (Å²) >= 11 is 0. The molecule has 0 saturated carbocycles. The Kier molecular flexibility index (Phi) is 9.36. The summed E-state index contributed by atoms with van der Waals surface area (Å²) in [4.78, 5) is 21.6. The summed E-state index contributed by atoms with van der Waals surface area (Å²) in [6.07, 6.45) is 3.01. The quantitative estimate of drug-likeness (QED) is 0.244. The molecule has 6 nitrogen and oxygen atoms in total. The molecule has 0 spiro atoms. The van der Waals surface area contributed by atoms with Gasteiger partial charge in [-0.25, -0.2) is 4.99 Å². The van der Waals surface area contributed by atoms with E-state index in [-0.39, 0.29) is 29.9 Å². The van der Waals surface area contributed by atoms with Crippen molar-refractivity contribution in [2.75, 3.05) is 27.2 Å². The van der Waals surface area contributed by atoms with Crippen LogP contribution in [0.1, 0.15) is 34.0 Å². The zero-order valence-corrected chi connectivity index (χ0v) is 21.0. The van der Waals surface area contributed by atoms with Gasteiger partial charge in [-0.3, -0.25) is 4.79 Å². The van der Waals surface area contributed by atoms with E-state index in [9.17, 15) is 4.79 Å². The Labute approximate surface area is 201 Å². The van der Waals surface area contributed by atoms with Crippen molar-refractivity contribution in [1.82, 2.24) is 20.5 Å². The van der Waals surface area contributed by atoms with E-state index in [0.717, 1.165) is 31.0 Å². The Hall–Kier alpha value is -2.55. The van der Waals surface area contributed by atoms with Crippen molar-refractivity contribution in [2.24, 2.45) is 4.99 Å². The first-order valence-corrected chi connectivity index (χ1v) is 10.4. The van der Waals surface area contributed by atoms with Gasteiger partial charge >= 0.3 is 0 Å². The number of para-hydroxylation sites is 1. The summed E-state index contributed by atoms with van der Waals surface area (Å²) in [7, 11) is 3.51. The van der Waals surface area contributed by atoms with E-state index in [1.165, 1.54) is 22.0 Å². The van der Waals surface area contributed by atoms with Crippen molar-refractivity contribution in [3.63, 3.8) is 0 Å². The zero-order chi connectivity index (χ0) is 21.5. The van der Waals surface area contributed by atoms with E-state index in [1.807, 2.05) is 24.3 Å². The smallest absolute Gasteiger partial charge is 0.253 e. The largest absolute Gasteiger partial charge is 0.361 e. The lowest BCUT2D eigenvalue weighted by molar-refractivity contribution is 0.0827. The van der Waals surface area contributed by atoms with Crippen LogP contribution in [0.5, 0.6) is 0 Å². The maximum Gasteiger partial charge on any atom is 0.253 e. The number of aromatic nitrogens is 1. The number of nitrogens with zero attached hydrogens (tertiary/aromatic N) is 2. The van der Waals surface area contributed by atoms with Gasteiger partial charge in [-0.05, 0) is 49.1 Å². The molecule has 166 valence electrons. The number of aromatic amines is 1. The third kappa shape index (κ3) is 6.46. The van der Waals surface area contributed by atoms with Crippen LogP contribution in [0, 0.1) is 6.92 Å². The van der Waals surface area contributed by atoms with Gasteiger partial charge in [-0.15, -0.1) is 24.0 Å². The Bertz CT molecular complexity index is 1020. The summed E-state index contributed by atoms with van der Waals surface area (Å²) in [5.74, 6) is 0.800. The molecular formula is C24H32IN5O. The van der Waals surface area contributed by atoms with Gasteiger partial charge in [0.05, 0.1) is 6.54 Å². The van der Waals surface area contributed by atoms with Crippen LogP contribution in [-0.4, -0.2) is 48.9 Å². The van der Waals surface area contributed by atoms with Crippen molar-refractivity contribution in [1.29, 1.82) is 0 Å². The van der Waals surface area contributed by atoms with Crippen molar-refractivity contribution in [3.8, 4) is 0 Å². The van der Waals surface area contributed by atoms with Gasteiger partial charge in [0.15, 0.2) is 5.96 Å². The standard InChI is InChI=1S/C24H31N5O.HI/c1-5-25-24(28-15-18-9-11-19(12-10-18)23(30)29(3)4)26-14-13-20-16-27-22-17(2)7-6-8-21(20)22;/h6-12,16,27H,5,13-15H2,1-4H3,(H2,25,26,28);1H. The first-order chi connectivity index (χ1) is 14.5. The summed E-state index contributed by atoms with van der Waals surface area (Å²) in [5.41, 5.74) is 5.53. The monoisotopic (exact) mass is 533 g/mol. The molecular weight excluding hydrogens is 501 g/mol. The second-order valence-electron chi connectivity index (χ2n) is 7.58. The molecule has 1 amide bonds. The molecule has 1 aromatic heterocycles. The van der Waals surface area contributed by atoms with E-state index in [0.29, 0.717) is 12.1 Å². The number of carbonyl (C=O) groups excluding carboxylic acids is 1. The molecule has 3 rings (SSSR count). The molecule has 0 bridgehead atoms. The number of H-pyrrole nitrogens is 1. The van der Waals surface area contributed by atoms with E-state index < -0.39 is 0 Å². The second-order valence-corrected chi connectivity index (χ2v) is 7.58. The van der Waals surface area contributed by atoms with E-state index in [1.54, 1.807) is 19.0 Å². The van der Waals surface area contributed by atoms with Crippen molar-refractivity contribution >= 4 is 46.7 Å². The van der Waals surface area contributed by atoms with Crippen molar-refractivity contribution < 1.29 is 4.79 Å². The lowest BCUT2D eigenvalue weighted by Gasteiger charge is -2.12. The van der Waals surface area contributed by atoms with Crippen LogP contribution in [0.15, 0.2) is 53.7 Å². The highest BCUT2D eigenvalue weighted by molar-refractivity contribution is 14.0. The predicted molar refractivity (Wildman–Crippen MR) is 139 cm³/mol. The van der Waals surface area contributed by atoms with Crippen molar-refractivity contribution in [3.05, 3.63) is 70.9 Å². The van der Waals surface area contributed by atoms with Crippen LogP contribution in [-0.2, 0) is 13.0 Å². The summed E-state index contributed by atoms with van der Waals surface area (Å²) in [5, 5.41) is 7.99. The molecule has 0 radical (unpaired) electrons. The molecule has 1 heterocycles. The molecule has 2 aromatic carbocycles. The molecule has 0 aliphatic carbocycles. The third-order valence-corrected chi connectivity index (χ3v) is 5.07. The SMILES string of the molecule is CCNC(=NCc1ccc(C(=O)N(C)C)cc1)NCCc1c[nH]c2c(C)cccc12.I. The minimum Gasteiger partial charge on any atom is -0.361 e. The number of aryl methyl sites for hydroxylation is 1. The Morgan fingerprint density at radius 3 is 2.52 bits per heavy atom. The Balaban J connectivity index is 0.00000341. The minimum absolute atomic E-state index is 0. The highest BCUT2D eigenvalue weighted by atomic mass is 127. The van der Waals surface area contributed by atoms with Gasteiger partial charge in [-0.2, -0.15) is 0 Å². The van der Waals surface area contributed by atoms with Crippen LogP contribution in [0.3, 0.4) is 0 Å². The van der Waals surface area contributed by atoms with E-state index in [4.69, 9.17) is 0 Å². The highest BCUT2D eigenvalue weighted by Gasteiger charge is 2.08. The minimum atomic E-state index is 0. The third-order valence-electron chi connectivity index (χ3n) is 5.07. The lowest BCUT2D eigenvalue weighted by atomic mass is 10.1. The number of carbonyl (C=O) groups is 1. The first kappa shape index (κ1) is 24.7. The molecule has 0 aliphatic heterocycles. The number of fused-ring (bicyclic) bond motifs is 1. The summed E-state index contributed by atoms with van der Waals surface area (Å²) in [6.45, 7) is 6.33. The van der Waals surface area contributed by atoms with Crippen LogP contribution in [0.25, 0.3) is 10.9 Å². The molecule has 0 atom stereocenters. The summed E-state index contributed by atoms with van der Waals surface area (Å²) in [6, 6.07) is 14.0. The lowest BCUT2D eigenvalue weighted by Crippen LogP contribution is -2.38. The Morgan fingerprint density at radius 1 is 1.10 bits per heavy atom. The second kappa shape index (κ2) is 11.7. The fraction of sp³-hybridized carbons (Fsp3) is 0.333. The van der Waals surface area contributed by atoms with Gasteiger partial charge in [0.2, 0.25) is 0 Å². The van der Waals surface area contributed by atoms with Crippen LogP contribution in [0.2, 0.25) is 0 Å². The van der Waals surface area contributed by atoms with Crippen LogP contribution >= 0.6 is 24.0 Å². The molecule has 3 N–H and O–H groups in total. The fourth-order valence-electron chi connectivity index (χ4n) is 3.41. The van der Waals surface area contributed by atoms with Gasteiger partial charge in [0, 0.05) is 49.8 Å². The summed E-state index contributed by atoms with van der Waals surface area (Å²) < 4.78 is 0. The maximum absolute atomic E-state index is 12.0. The molecule has 0 unspecified atom stereocenters. The normalized spacial score (nSPS) is 11.2.